The van der Waals surface area contributed by atoms with Crippen LogP contribution in [-0.4, -0.2) is 66.5 Å². The first kappa shape index (κ1) is 36.5. The molecule has 3 heterocycles. The number of carboxylic acid groups (broad SMARTS) is 1. The highest BCUT2D eigenvalue weighted by molar-refractivity contribution is 5.75. The maximum absolute atomic E-state index is 13.8. The Morgan fingerprint density at radius 2 is 1.46 bits per heavy atom. The van der Waals surface area contributed by atoms with Gasteiger partial charge in [-0.05, 0) is 63.3 Å². The van der Waals surface area contributed by atoms with Gasteiger partial charge in [0.1, 0.15) is 6.61 Å². The first-order chi connectivity index (χ1) is 22.3. The molecule has 1 aromatic carbocycles. The van der Waals surface area contributed by atoms with Crippen LogP contribution in [0.4, 0.5) is 37.1 Å². The molecule has 1 aliphatic rings. The Morgan fingerprint density at radius 3 is 1.90 bits per heavy atom. The molecule has 1 aliphatic heterocycles. The molecule has 3 aromatic rings. The molecule has 2 aromatic heterocycles. The van der Waals surface area contributed by atoms with Crippen molar-refractivity contribution >= 4 is 18.0 Å². The fraction of sp³-hybridized carbons (Fsp3) is 0.531. The number of carboxylic acids is 1. The molecule has 10 nitrogen and oxygen atoms in total. The number of aryl methyl sites for hydroxylation is 1. The Bertz CT molecular complexity index is 1540. The average Bonchev–Trinajstić information content (AvgIpc) is 3.47. The highest BCUT2D eigenvalue weighted by Crippen LogP contribution is 2.38. The highest BCUT2D eigenvalue weighted by atomic mass is 19.4. The van der Waals surface area contributed by atoms with Crippen LogP contribution in [0.3, 0.4) is 0 Å². The van der Waals surface area contributed by atoms with Gasteiger partial charge in [0.2, 0.25) is 5.95 Å². The van der Waals surface area contributed by atoms with Gasteiger partial charge in [0, 0.05) is 61.4 Å². The molecule has 1 saturated heterocycles. The molecular weight excluding hydrogens is 646 g/mol. The van der Waals surface area contributed by atoms with Crippen LogP contribution in [0.25, 0.3) is 11.1 Å². The molecule has 1 N–H and O–H groups in total. The number of hydrogen-bond donors (Lipinski definition) is 1. The van der Waals surface area contributed by atoms with Crippen molar-refractivity contribution in [2.75, 3.05) is 11.5 Å². The fourth-order valence-corrected chi connectivity index (χ4v) is 5.77. The zero-order valence-corrected chi connectivity index (χ0v) is 27.1. The predicted molar refractivity (Wildman–Crippen MR) is 163 cm³/mol. The number of anilines is 1. The Hall–Kier alpha value is -4.37. The van der Waals surface area contributed by atoms with E-state index in [1.165, 1.54) is 26.2 Å². The summed E-state index contributed by atoms with van der Waals surface area (Å²) in [5.74, 6) is -1.05. The largest absolute Gasteiger partial charge is 0.481 e. The lowest BCUT2D eigenvalue weighted by Crippen LogP contribution is -2.57. The van der Waals surface area contributed by atoms with E-state index in [-0.39, 0.29) is 43.6 Å². The van der Waals surface area contributed by atoms with Crippen LogP contribution >= 0.6 is 0 Å². The Labute approximate surface area is 273 Å². The second-order valence-electron chi connectivity index (χ2n) is 12.6. The summed E-state index contributed by atoms with van der Waals surface area (Å²) in [6, 6.07) is 0.0719. The summed E-state index contributed by atoms with van der Waals surface area (Å²) in [6.07, 6.45) is -2.97. The lowest BCUT2D eigenvalue weighted by atomic mass is 9.87. The number of rotatable bonds is 10. The Kier molecular flexibility index (Phi) is 10.6. The predicted octanol–water partition coefficient (Wildman–Crippen LogP) is 7.19. The van der Waals surface area contributed by atoms with Crippen molar-refractivity contribution in [3.05, 3.63) is 59.7 Å². The van der Waals surface area contributed by atoms with E-state index in [0.29, 0.717) is 36.1 Å². The summed E-state index contributed by atoms with van der Waals surface area (Å²) in [4.78, 5) is 37.0. The second-order valence-corrected chi connectivity index (χ2v) is 12.6. The SMILES string of the molecule is CCC1CC(N(Cc2cc(C(F)(F)F)cc(C(F)(F)F)c2)c2ncc(-c3cnn(C)c3)cn2)CC(CC)N1C(=O)OCC(C)(C)C(=O)O. The number of amides is 1. The van der Waals surface area contributed by atoms with E-state index in [1.54, 1.807) is 33.9 Å². The number of alkyl halides is 6. The van der Waals surface area contributed by atoms with E-state index >= 15 is 0 Å². The normalized spacial score (nSPS) is 18.9. The van der Waals surface area contributed by atoms with Crippen molar-refractivity contribution in [2.45, 2.75) is 90.4 Å². The molecule has 4 rings (SSSR count). The quantitative estimate of drug-likeness (QED) is 0.223. The number of nitrogens with zero attached hydrogens (tertiary/aromatic N) is 6. The van der Waals surface area contributed by atoms with Crippen molar-refractivity contribution in [3.8, 4) is 11.1 Å². The maximum Gasteiger partial charge on any atom is 0.416 e. The van der Waals surface area contributed by atoms with Gasteiger partial charge in [-0.15, -0.1) is 0 Å². The van der Waals surface area contributed by atoms with E-state index in [1.807, 2.05) is 13.8 Å². The molecule has 48 heavy (non-hydrogen) atoms. The third-order valence-electron chi connectivity index (χ3n) is 8.54. The summed E-state index contributed by atoms with van der Waals surface area (Å²) in [7, 11) is 1.73. The number of aliphatic carboxylic acids is 1. The highest BCUT2D eigenvalue weighted by Gasteiger charge is 2.42. The van der Waals surface area contributed by atoms with Crippen LogP contribution in [-0.2, 0) is 35.5 Å². The minimum absolute atomic E-state index is 0.0857. The van der Waals surface area contributed by atoms with E-state index in [0.717, 1.165) is 0 Å². The molecule has 1 amide bonds. The third-order valence-corrected chi connectivity index (χ3v) is 8.54. The number of aromatic nitrogens is 4. The lowest BCUT2D eigenvalue weighted by Gasteiger charge is -2.47. The number of hydrogen-bond acceptors (Lipinski definition) is 7. The molecule has 0 bridgehead atoms. The standard InChI is InChI=1S/C32H38F6N6O4/c1-6-24-11-26(12-25(7-2)44(24)29(47)48-18-30(3,4)27(45)46)43(28-39-13-20(14-40-28)21-15-41-42(5)17-21)16-19-8-22(31(33,34)35)10-23(9-19)32(36,37)38/h8-10,13-15,17,24-26H,6-7,11-12,16,18H2,1-5H3,(H,45,46). The summed E-state index contributed by atoms with van der Waals surface area (Å²) in [5, 5.41) is 13.6. The van der Waals surface area contributed by atoms with E-state index < -0.39 is 59.1 Å². The minimum Gasteiger partial charge on any atom is -0.481 e. The van der Waals surface area contributed by atoms with Gasteiger partial charge in [0.05, 0.1) is 22.7 Å². The maximum atomic E-state index is 13.8. The number of likely N-dealkylation sites (tertiary alicyclic amines) is 1. The second kappa shape index (κ2) is 14.0. The van der Waals surface area contributed by atoms with Crippen LogP contribution in [0.5, 0.6) is 0 Å². The van der Waals surface area contributed by atoms with E-state index in [4.69, 9.17) is 4.74 Å². The molecule has 262 valence electrons. The van der Waals surface area contributed by atoms with E-state index in [9.17, 15) is 41.0 Å². The molecular formula is C32H38F6N6O4. The van der Waals surface area contributed by atoms with Gasteiger partial charge < -0.3 is 19.6 Å². The third kappa shape index (κ3) is 8.37. The van der Waals surface area contributed by atoms with Gasteiger partial charge >= 0.3 is 24.4 Å². The van der Waals surface area contributed by atoms with Crippen molar-refractivity contribution in [3.63, 3.8) is 0 Å². The van der Waals surface area contributed by atoms with Crippen LogP contribution in [0.15, 0.2) is 43.0 Å². The van der Waals surface area contributed by atoms with Gasteiger partial charge in [0.15, 0.2) is 0 Å². The summed E-state index contributed by atoms with van der Waals surface area (Å²) < 4.78 is 89.6. The molecule has 0 radical (unpaired) electrons. The van der Waals surface area contributed by atoms with Crippen LogP contribution in [0.1, 0.15) is 70.1 Å². The first-order valence-electron chi connectivity index (χ1n) is 15.4. The van der Waals surface area contributed by atoms with Crippen molar-refractivity contribution in [1.82, 2.24) is 24.6 Å². The molecule has 2 unspecified atom stereocenters. The number of ether oxygens (including phenoxy) is 1. The topological polar surface area (TPSA) is 114 Å². The van der Waals surface area contributed by atoms with Gasteiger partial charge in [0.25, 0.3) is 0 Å². The first-order valence-corrected chi connectivity index (χ1v) is 15.4. The lowest BCUT2D eigenvalue weighted by molar-refractivity contribution is -0.149. The van der Waals surface area contributed by atoms with Gasteiger partial charge in [-0.1, -0.05) is 13.8 Å². The van der Waals surface area contributed by atoms with Gasteiger partial charge in [-0.2, -0.15) is 31.4 Å². The number of carbonyl (C=O) groups excluding carboxylic acids is 1. The van der Waals surface area contributed by atoms with E-state index in [2.05, 4.69) is 15.1 Å². The molecule has 1 fully saturated rings. The van der Waals surface area contributed by atoms with Crippen LogP contribution in [0.2, 0.25) is 0 Å². The monoisotopic (exact) mass is 684 g/mol. The number of carbonyl (C=O) groups is 2. The van der Waals surface area contributed by atoms with Gasteiger partial charge in [-0.25, -0.2) is 14.8 Å². The number of piperidine rings is 1. The molecule has 0 saturated carbocycles. The smallest absolute Gasteiger partial charge is 0.416 e. The van der Waals surface area contributed by atoms with Crippen molar-refractivity contribution in [2.24, 2.45) is 12.5 Å². The molecule has 0 spiro atoms. The van der Waals surface area contributed by atoms with Crippen molar-refractivity contribution in [1.29, 1.82) is 0 Å². The zero-order valence-electron chi connectivity index (χ0n) is 27.1. The zero-order chi connectivity index (χ0) is 35.6. The molecule has 16 heteroatoms. The fourth-order valence-electron chi connectivity index (χ4n) is 5.77. The molecule has 2 atom stereocenters. The summed E-state index contributed by atoms with van der Waals surface area (Å²) in [6.45, 7) is 5.79. The van der Waals surface area contributed by atoms with Crippen LogP contribution in [0, 0.1) is 5.41 Å². The van der Waals surface area contributed by atoms with Crippen molar-refractivity contribution < 1.29 is 45.8 Å². The average molecular weight is 685 g/mol. The minimum atomic E-state index is -5.02. The Balaban J connectivity index is 1.73. The number of benzene rings is 1. The van der Waals surface area contributed by atoms with Gasteiger partial charge in [-0.3, -0.25) is 9.48 Å². The molecule has 0 aliphatic carbocycles. The number of halogens is 6. The summed E-state index contributed by atoms with van der Waals surface area (Å²) >= 11 is 0. The summed E-state index contributed by atoms with van der Waals surface area (Å²) in [5.41, 5.74) is -3.12. The van der Waals surface area contributed by atoms with Crippen LogP contribution < -0.4 is 4.90 Å². The Morgan fingerprint density at radius 1 is 0.917 bits per heavy atom.